The van der Waals surface area contributed by atoms with Gasteiger partial charge in [0.25, 0.3) is 5.91 Å². The number of benzene rings is 2. The third-order valence-electron chi connectivity index (χ3n) is 5.62. The topological polar surface area (TPSA) is 58.6 Å². The smallest absolute Gasteiger partial charge is 0.257 e. The first-order valence-corrected chi connectivity index (χ1v) is 11.6. The van der Waals surface area contributed by atoms with Gasteiger partial charge in [-0.05, 0) is 67.5 Å². The van der Waals surface area contributed by atoms with Crippen molar-refractivity contribution in [3.63, 3.8) is 0 Å². The Morgan fingerprint density at radius 1 is 1.17 bits per heavy atom. The van der Waals surface area contributed by atoms with Crippen molar-refractivity contribution in [1.29, 1.82) is 0 Å². The number of ether oxygens (including phenoxy) is 1. The molecule has 0 bridgehead atoms. The lowest BCUT2D eigenvalue weighted by Crippen LogP contribution is -2.45. The number of carbonyl (C=O) groups excluding carboxylic acids is 2. The average Bonchev–Trinajstić information content (AvgIpc) is 2.78. The summed E-state index contributed by atoms with van der Waals surface area (Å²) in [5.41, 5.74) is 2.07. The fraction of sp³-hybridized carbons (Fsp3) is 0.333. The lowest BCUT2D eigenvalue weighted by molar-refractivity contribution is -0.111. The van der Waals surface area contributed by atoms with Crippen LogP contribution in [0.1, 0.15) is 41.6 Å². The van der Waals surface area contributed by atoms with Crippen LogP contribution < -0.4 is 10.1 Å². The van der Waals surface area contributed by atoms with E-state index in [0.717, 1.165) is 37.8 Å². The minimum Gasteiger partial charge on any atom is -0.493 e. The van der Waals surface area contributed by atoms with Gasteiger partial charge in [0.2, 0.25) is 5.91 Å². The summed E-state index contributed by atoms with van der Waals surface area (Å²) in [5.74, 6) is 0.348. The van der Waals surface area contributed by atoms with E-state index in [-0.39, 0.29) is 17.9 Å². The molecule has 0 saturated carbocycles. The van der Waals surface area contributed by atoms with Crippen LogP contribution >= 0.6 is 11.8 Å². The predicted octanol–water partition coefficient (Wildman–Crippen LogP) is 4.84. The number of thioether (sulfide) groups is 1. The molecule has 1 saturated heterocycles. The summed E-state index contributed by atoms with van der Waals surface area (Å²) in [4.78, 5) is 28.7. The Kier molecular flexibility index (Phi) is 6.43. The molecule has 2 aliphatic heterocycles. The van der Waals surface area contributed by atoms with Crippen molar-refractivity contribution < 1.29 is 14.3 Å². The lowest BCUT2D eigenvalue weighted by Gasteiger charge is -2.37. The number of fused-ring (bicyclic) bond motifs is 2. The van der Waals surface area contributed by atoms with Crippen molar-refractivity contribution in [2.45, 2.75) is 36.6 Å². The van der Waals surface area contributed by atoms with Crippen LogP contribution in [0, 0.1) is 0 Å². The predicted molar refractivity (Wildman–Crippen MR) is 121 cm³/mol. The van der Waals surface area contributed by atoms with Gasteiger partial charge in [0.15, 0.2) is 0 Å². The van der Waals surface area contributed by atoms with Crippen molar-refractivity contribution in [2.24, 2.45) is 0 Å². The van der Waals surface area contributed by atoms with Gasteiger partial charge in [0.1, 0.15) is 5.75 Å². The highest BCUT2D eigenvalue weighted by molar-refractivity contribution is 7.98. The molecule has 0 aliphatic carbocycles. The molecule has 1 atom stereocenters. The van der Waals surface area contributed by atoms with Crippen molar-refractivity contribution in [3.8, 4) is 5.75 Å². The van der Waals surface area contributed by atoms with E-state index in [2.05, 4.69) is 5.32 Å². The Labute approximate surface area is 181 Å². The number of hydrogen-bond acceptors (Lipinski definition) is 4. The molecular formula is C24H26N2O3S. The van der Waals surface area contributed by atoms with E-state index >= 15 is 0 Å². The van der Waals surface area contributed by atoms with Gasteiger partial charge in [-0.25, -0.2) is 0 Å². The van der Waals surface area contributed by atoms with Crippen molar-refractivity contribution in [1.82, 2.24) is 4.90 Å². The van der Waals surface area contributed by atoms with Crippen molar-refractivity contribution >= 4 is 35.3 Å². The minimum atomic E-state index is -0.237. The number of rotatable bonds is 4. The number of carbonyl (C=O) groups is 2. The molecule has 2 heterocycles. The van der Waals surface area contributed by atoms with Crippen LogP contribution in [0.5, 0.6) is 5.75 Å². The summed E-state index contributed by atoms with van der Waals surface area (Å²) >= 11 is 1.68. The summed E-state index contributed by atoms with van der Waals surface area (Å²) in [6, 6.07) is 13.5. The summed E-state index contributed by atoms with van der Waals surface area (Å²) in [6.45, 7) is 1.39. The first kappa shape index (κ1) is 20.5. The molecule has 4 rings (SSSR count). The number of amides is 2. The first-order valence-electron chi connectivity index (χ1n) is 10.3. The van der Waals surface area contributed by atoms with E-state index < -0.39 is 0 Å². The molecule has 5 nitrogen and oxygen atoms in total. The fourth-order valence-corrected chi connectivity index (χ4v) is 4.41. The maximum atomic E-state index is 13.1. The van der Waals surface area contributed by atoms with Gasteiger partial charge in [-0.3, -0.25) is 9.59 Å². The molecule has 2 amide bonds. The zero-order valence-electron chi connectivity index (χ0n) is 17.1. The van der Waals surface area contributed by atoms with Gasteiger partial charge < -0.3 is 15.0 Å². The van der Waals surface area contributed by atoms with Gasteiger partial charge in [0, 0.05) is 35.7 Å². The van der Waals surface area contributed by atoms with E-state index in [1.54, 1.807) is 36.0 Å². The Morgan fingerprint density at radius 2 is 2.00 bits per heavy atom. The van der Waals surface area contributed by atoms with Crippen LogP contribution in [-0.2, 0) is 4.79 Å². The zero-order valence-corrected chi connectivity index (χ0v) is 17.9. The standard InChI is InChI=1S/C24H26N2O3S/c1-30-20-9-5-17(6-10-20)7-12-23(27)25-18-8-11-22-21(16-18)24(28)26-14-3-2-4-19(26)13-15-29-22/h5-12,16,19H,2-4,13-15H2,1H3,(H,25,27)/b12-7+/t19-/m1/s1. The lowest BCUT2D eigenvalue weighted by atomic mass is 9.97. The first-order chi connectivity index (χ1) is 14.6. The highest BCUT2D eigenvalue weighted by Crippen LogP contribution is 2.31. The Balaban J connectivity index is 1.48. The van der Waals surface area contributed by atoms with E-state index in [1.807, 2.05) is 35.4 Å². The second-order valence-electron chi connectivity index (χ2n) is 7.59. The number of piperidine rings is 1. The fourth-order valence-electron chi connectivity index (χ4n) is 4.00. The molecule has 156 valence electrons. The molecule has 0 radical (unpaired) electrons. The van der Waals surface area contributed by atoms with Gasteiger partial charge in [-0.2, -0.15) is 0 Å². The zero-order chi connectivity index (χ0) is 20.9. The molecule has 0 unspecified atom stereocenters. The van der Waals surface area contributed by atoms with E-state index in [4.69, 9.17) is 4.74 Å². The molecule has 2 aromatic carbocycles. The molecule has 1 fully saturated rings. The largest absolute Gasteiger partial charge is 0.493 e. The normalized spacial score (nSPS) is 18.8. The van der Waals surface area contributed by atoms with Crippen LogP contribution in [0.2, 0.25) is 0 Å². The van der Waals surface area contributed by atoms with Crippen LogP contribution in [-0.4, -0.2) is 42.2 Å². The molecule has 2 aromatic rings. The van der Waals surface area contributed by atoms with Gasteiger partial charge >= 0.3 is 0 Å². The monoisotopic (exact) mass is 422 g/mol. The SMILES string of the molecule is CSc1ccc(/C=C/C(=O)Nc2ccc3c(c2)C(=O)N2CCCC[C@@H]2CCO3)cc1. The van der Waals surface area contributed by atoms with Crippen molar-refractivity contribution in [2.75, 3.05) is 24.7 Å². The minimum absolute atomic E-state index is 0.00470. The quantitative estimate of drug-likeness (QED) is 0.566. The summed E-state index contributed by atoms with van der Waals surface area (Å²) in [6.07, 6.45) is 9.41. The Morgan fingerprint density at radius 3 is 2.80 bits per heavy atom. The Bertz CT molecular complexity index is 955. The summed E-state index contributed by atoms with van der Waals surface area (Å²) < 4.78 is 5.86. The summed E-state index contributed by atoms with van der Waals surface area (Å²) in [7, 11) is 0. The van der Waals surface area contributed by atoms with Crippen LogP contribution in [0.15, 0.2) is 53.4 Å². The molecule has 1 N–H and O–H groups in total. The molecule has 30 heavy (non-hydrogen) atoms. The highest BCUT2D eigenvalue weighted by atomic mass is 32.2. The molecule has 0 spiro atoms. The second-order valence-corrected chi connectivity index (χ2v) is 8.47. The summed E-state index contributed by atoms with van der Waals surface area (Å²) in [5, 5.41) is 2.86. The second kappa shape index (κ2) is 9.39. The maximum Gasteiger partial charge on any atom is 0.257 e. The van der Waals surface area contributed by atoms with Gasteiger partial charge in [-0.1, -0.05) is 12.1 Å². The van der Waals surface area contributed by atoms with Gasteiger partial charge in [0.05, 0.1) is 12.2 Å². The van der Waals surface area contributed by atoms with Crippen molar-refractivity contribution in [3.05, 3.63) is 59.7 Å². The molecule has 2 aliphatic rings. The number of anilines is 1. The van der Waals surface area contributed by atoms with Crippen LogP contribution in [0.3, 0.4) is 0 Å². The molecule has 0 aromatic heterocycles. The Hall–Kier alpha value is -2.73. The van der Waals surface area contributed by atoms with Crippen LogP contribution in [0.25, 0.3) is 6.08 Å². The molecular weight excluding hydrogens is 396 g/mol. The molecule has 6 heteroatoms. The van der Waals surface area contributed by atoms with E-state index in [1.165, 1.54) is 11.0 Å². The number of hydrogen-bond donors (Lipinski definition) is 1. The number of nitrogens with one attached hydrogen (secondary N) is 1. The number of nitrogens with zero attached hydrogens (tertiary/aromatic N) is 1. The van der Waals surface area contributed by atoms with Crippen LogP contribution in [0.4, 0.5) is 5.69 Å². The maximum absolute atomic E-state index is 13.1. The van der Waals surface area contributed by atoms with Gasteiger partial charge in [-0.15, -0.1) is 11.8 Å². The third-order valence-corrected chi connectivity index (χ3v) is 6.36. The van der Waals surface area contributed by atoms with E-state index in [9.17, 15) is 9.59 Å². The average molecular weight is 423 g/mol. The third kappa shape index (κ3) is 4.70. The highest BCUT2D eigenvalue weighted by Gasteiger charge is 2.31. The van der Waals surface area contributed by atoms with E-state index in [0.29, 0.717) is 23.6 Å².